The van der Waals surface area contributed by atoms with Crippen molar-refractivity contribution in [3.8, 4) is 5.75 Å². The predicted molar refractivity (Wildman–Crippen MR) is 80.3 cm³/mol. The molecule has 2 aromatic rings. The third-order valence-electron chi connectivity index (χ3n) is 2.87. The molecule has 0 atom stereocenters. The van der Waals surface area contributed by atoms with Crippen LogP contribution in [0.25, 0.3) is 0 Å². The third kappa shape index (κ3) is 3.75. The standard InChI is InChI=1S/C14H13FN2O5S/c1-8-7-12(18)13(14(19)22-8)9(2)16-17-23(20,21)11-5-3-10(15)4-6-11/h3-7,17-18H,1-2H3/b16-9+. The Labute approximate surface area is 131 Å². The van der Waals surface area contributed by atoms with Crippen molar-refractivity contribution >= 4 is 15.7 Å². The lowest BCUT2D eigenvalue weighted by Crippen LogP contribution is -2.22. The largest absolute Gasteiger partial charge is 0.507 e. The van der Waals surface area contributed by atoms with E-state index in [0.29, 0.717) is 0 Å². The second kappa shape index (κ2) is 6.21. The highest BCUT2D eigenvalue weighted by Crippen LogP contribution is 2.15. The number of halogens is 1. The summed E-state index contributed by atoms with van der Waals surface area (Å²) in [4.78, 5) is 13.4. The first kappa shape index (κ1) is 16.7. The Kier molecular flexibility index (Phi) is 4.50. The molecular weight excluding hydrogens is 327 g/mol. The number of hydrogen-bond acceptors (Lipinski definition) is 6. The molecule has 0 fully saturated rings. The van der Waals surface area contributed by atoms with Gasteiger partial charge in [-0.05, 0) is 38.1 Å². The van der Waals surface area contributed by atoms with Crippen molar-refractivity contribution in [2.45, 2.75) is 18.7 Å². The van der Waals surface area contributed by atoms with E-state index in [1.54, 1.807) is 0 Å². The van der Waals surface area contributed by atoms with Crippen LogP contribution in [0.2, 0.25) is 0 Å². The summed E-state index contributed by atoms with van der Waals surface area (Å²) in [6.45, 7) is 2.81. The predicted octanol–water partition coefficient (Wildman–Crippen LogP) is 1.50. The smallest absolute Gasteiger partial charge is 0.348 e. The summed E-state index contributed by atoms with van der Waals surface area (Å²) in [6, 6.07) is 5.34. The van der Waals surface area contributed by atoms with Gasteiger partial charge >= 0.3 is 5.63 Å². The van der Waals surface area contributed by atoms with E-state index in [0.717, 1.165) is 24.3 Å². The number of hydrogen-bond donors (Lipinski definition) is 2. The van der Waals surface area contributed by atoms with Crippen LogP contribution >= 0.6 is 0 Å². The minimum absolute atomic E-state index is 0.0815. The summed E-state index contributed by atoms with van der Waals surface area (Å²) in [5, 5.41) is 13.3. The average Bonchev–Trinajstić information content (AvgIpc) is 2.44. The van der Waals surface area contributed by atoms with E-state index in [9.17, 15) is 22.7 Å². The Morgan fingerprint density at radius 3 is 2.48 bits per heavy atom. The fraction of sp³-hybridized carbons (Fsp3) is 0.143. The number of benzene rings is 1. The topological polar surface area (TPSA) is 109 Å². The maximum absolute atomic E-state index is 12.8. The number of rotatable bonds is 4. The second-order valence-corrected chi connectivity index (χ2v) is 6.31. The zero-order valence-corrected chi connectivity index (χ0v) is 13.0. The fourth-order valence-corrected chi connectivity index (χ4v) is 2.64. The number of aryl methyl sites for hydroxylation is 1. The minimum atomic E-state index is -4.03. The van der Waals surface area contributed by atoms with Crippen LogP contribution in [0.1, 0.15) is 18.2 Å². The molecule has 122 valence electrons. The molecule has 0 saturated carbocycles. The lowest BCUT2D eigenvalue weighted by atomic mass is 10.2. The molecule has 2 rings (SSSR count). The van der Waals surface area contributed by atoms with Crippen molar-refractivity contribution in [2.75, 3.05) is 0 Å². The van der Waals surface area contributed by atoms with Crippen molar-refractivity contribution < 1.29 is 22.3 Å². The molecular formula is C14H13FN2O5S. The third-order valence-corrected chi connectivity index (χ3v) is 4.10. The number of nitrogens with zero attached hydrogens (tertiary/aromatic N) is 1. The van der Waals surface area contributed by atoms with Crippen molar-refractivity contribution in [3.63, 3.8) is 0 Å². The second-order valence-electron chi connectivity index (χ2n) is 4.65. The summed E-state index contributed by atoms with van der Waals surface area (Å²) in [7, 11) is -4.03. The van der Waals surface area contributed by atoms with Gasteiger partial charge in [0.2, 0.25) is 0 Å². The van der Waals surface area contributed by atoms with Crippen LogP contribution in [0.15, 0.2) is 49.5 Å². The van der Waals surface area contributed by atoms with Gasteiger partial charge in [0.05, 0.1) is 10.6 Å². The number of hydrazone groups is 1. The zero-order valence-electron chi connectivity index (χ0n) is 12.2. The van der Waals surface area contributed by atoms with E-state index >= 15 is 0 Å². The summed E-state index contributed by atoms with van der Waals surface area (Å²) >= 11 is 0. The van der Waals surface area contributed by atoms with E-state index in [1.165, 1.54) is 19.9 Å². The SMILES string of the molecule is C/C(=N\NS(=O)(=O)c1ccc(F)cc1)c1c(O)cc(C)oc1=O. The first-order valence-corrected chi connectivity index (χ1v) is 7.85. The van der Waals surface area contributed by atoms with E-state index in [2.05, 4.69) is 5.10 Å². The number of sulfonamides is 1. The van der Waals surface area contributed by atoms with E-state index in [1.807, 2.05) is 4.83 Å². The highest BCUT2D eigenvalue weighted by molar-refractivity contribution is 7.89. The molecule has 0 aliphatic carbocycles. The molecule has 1 aromatic carbocycles. The first-order chi connectivity index (χ1) is 10.7. The Balaban J connectivity index is 2.33. The molecule has 9 heteroatoms. The van der Waals surface area contributed by atoms with Crippen LogP contribution in [0.3, 0.4) is 0 Å². The summed E-state index contributed by atoms with van der Waals surface area (Å²) in [5.41, 5.74) is -1.18. The normalized spacial score (nSPS) is 12.2. The lowest BCUT2D eigenvalue weighted by molar-refractivity contribution is 0.432. The summed E-state index contributed by atoms with van der Waals surface area (Å²) in [6.07, 6.45) is 0. The van der Waals surface area contributed by atoms with Gasteiger partial charge < -0.3 is 9.52 Å². The summed E-state index contributed by atoms with van der Waals surface area (Å²) < 4.78 is 41.6. The Morgan fingerprint density at radius 2 is 1.91 bits per heavy atom. The maximum atomic E-state index is 12.8. The molecule has 0 spiro atoms. The molecule has 7 nitrogen and oxygen atoms in total. The van der Waals surface area contributed by atoms with E-state index in [4.69, 9.17) is 4.42 Å². The highest BCUT2D eigenvalue weighted by atomic mass is 32.2. The van der Waals surface area contributed by atoms with Gasteiger partial charge in [-0.3, -0.25) is 0 Å². The molecule has 0 amide bonds. The minimum Gasteiger partial charge on any atom is -0.507 e. The Bertz CT molecular complexity index is 917. The van der Waals surface area contributed by atoms with Crippen molar-refractivity contribution in [1.29, 1.82) is 0 Å². The maximum Gasteiger partial charge on any atom is 0.348 e. The Hall–Kier alpha value is -2.68. The molecule has 2 N–H and O–H groups in total. The van der Waals surface area contributed by atoms with Crippen LogP contribution in [0.5, 0.6) is 5.75 Å². The van der Waals surface area contributed by atoms with Crippen LogP contribution in [0.4, 0.5) is 4.39 Å². The van der Waals surface area contributed by atoms with Crippen LogP contribution in [0, 0.1) is 12.7 Å². The average molecular weight is 340 g/mol. The van der Waals surface area contributed by atoms with Crippen LogP contribution in [-0.4, -0.2) is 19.2 Å². The molecule has 1 heterocycles. The molecule has 0 radical (unpaired) electrons. The molecule has 0 unspecified atom stereocenters. The molecule has 0 aliphatic heterocycles. The van der Waals surface area contributed by atoms with Crippen LogP contribution in [-0.2, 0) is 10.0 Å². The van der Waals surface area contributed by atoms with Crippen molar-refractivity contribution in [1.82, 2.24) is 4.83 Å². The first-order valence-electron chi connectivity index (χ1n) is 6.36. The van der Waals surface area contributed by atoms with Crippen molar-refractivity contribution in [3.05, 3.63) is 57.9 Å². The number of nitrogens with one attached hydrogen (secondary N) is 1. The molecule has 0 bridgehead atoms. The quantitative estimate of drug-likeness (QED) is 0.647. The van der Waals surface area contributed by atoms with Gasteiger partial charge in [0.25, 0.3) is 10.0 Å². The lowest BCUT2D eigenvalue weighted by Gasteiger charge is -2.06. The monoisotopic (exact) mass is 340 g/mol. The van der Waals surface area contributed by atoms with Crippen LogP contribution < -0.4 is 10.5 Å². The molecule has 1 aromatic heterocycles. The fourth-order valence-electron chi connectivity index (χ4n) is 1.78. The van der Waals surface area contributed by atoms with Gasteiger partial charge in [0, 0.05) is 6.07 Å². The van der Waals surface area contributed by atoms with Gasteiger partial charge in [-0.1, -0.05) is 0 Å². The highest BCUT2D eigenvalue weighted by Gasteiger charge is 2.16. The van der Waals surface area contributed by atoms with Gasteiger partial charge in [0.15, 0.2) is 0 Å². The van der Waals surface area contributed by atoms with Gasteiger partial charge in [0.1, 0.15) is 22.9 Å². The van der Waals surface area contributed by atoms with E-state index < -0.39 is 21.5 Å². The van der Waals surface area contributed by atoms with Gasteiger partial charge in [-0.2, -0.15) is 18.4 Å². The molecule has 23 heavy (non-hydrogen) atoms. The molecule has 0 saturated heterocycles. The number of aromatic hydroxyl groups is 1. The molecule has 0 aliphatic rings. The van der Waals surface area contributed by atoms with Gasteiger partial charge in [-0.25, -0.2) is 9.18 Å². The summed E-state index contributed by atoms with van der Waals surface area (Å²) in [5.74, 6) is -0.747. The van der Waals surface area contributed by atoms with E-state index in [-0.39, 0.29) is 27.7 Å². The van der Waals surface area contributed by atoms with Crippen molar-refractivity contribution in [2.24, 2.45) is 5.10 Å². The van der Waals surface area contributed by atoms with Gasteiger partial charge in [-0.15, -0.1) is 0 Å². The zero-order chi connectivity index (χ0) is 17.2. The Morgan fingerprint density at radius 1 is 1.30 bits per heavy atom.